The summed E-state index contributed by atoms with van der Waals surface area (Å²) in [5.41, 5.74) is 35.7. The SMILES string of the molecule is CC(C)C[C@H](N)C(=O)O.CC[C@H](C)[C@H](N)C(=O)O.N=C(N)NCCC[C@H](N)C(=O)O.NC(CSSC[C@H](N)C(=O)O)C(=O)O.NCC(=O)O. The first kappa shape index (κ1) is 55.0. The Hall–Kier alpha value is -3.45. The average molecular weight is 752 g/mol. The molecule has 0 aromatic heterocycles. The van der Waals surface area contributed by atoms with Crippen LogP contribution in [0.2, 0.25) is 0 Å². The highest BCUT2D eigenvalue weighted by molar-refractivity contribution is 8.76. The summed E-state index contributed by atoms with van der Waals surface area (Å²) in [4.78, 5) is 60.3. The highest BCUT2D eigenvalue weighted by Crippen LogP contribution is 2.22. The predicted molar refractivity (Wildman–Crippen MR) is 188 cm³/mol. The number of hydrogen-bond donors (Lipinski definition) is 15. The van der Waals surface area contributed by atoms with Gasteiger partial charge in [0.2, 0.25) is 0 Å². The quantitative estimate of drug-likeness (QED) is 0.0287. The van der Waals surface area contributed by atoms with Gasteiger partial charge in [0, 0.05) is 18.1 Å². The number of carboxylic acid groups (broad SMARTS) is 6. The fraction of sp³-hybridized carbons (Fsp3) is 0.731. The molecule has 0 saturated carbocycles. The van der Waals surface area contributed by atoms with Crippen LogP contribution in [-0.2, 0) is 28.8 Å². The molecule has 1 unspecified atom stereocenters. The van der Waals surface area contributed by atoms with Crippen molar-refractivity contribution in [3.63, 3.8) is 0 Å². The summed E-state index contributed by atoms with van der Waals surface area (Å²) in [7, 11) is 2.41. The van der Waals surface area contributed by atoms with Gasteiger partial charge in [-0.25, -0.2) is 0 Å². The van der Waals surface area contributed by atoms with Gasteiger partial charge in [-0.15, -0.1) is 0 Å². The average Bonchev–Trinajstić information content (AvgIpc) is 3.00. The lowest BCUT2D eigenvalue weighted by molar-refractivity contribution is -0.140. The molecule has 0 fully saturated rings. The van der Waals surface area contributed by atoms with Gasteiger partial charge in [-0.1, -0.05) is 55.7 Å². The Bertz CT molecular complexity index is 946. The van der Waals surface area contributed by atoms with E-state index < -0.39 is 66.0 Å². The molecule has 6 atom stereocenters. The Morgan fingerprint density at radius 2 is 1.06 bits per heavy atom. The van der Waals surface area contributed by atoms with E-state index in [2.05, 4.69) is 11.1 Å². The summed E-state index contributed by atoms with van der Waals surface area (Å²) in [6.45, 7) is 7.86. The van der Waals surface area contributed by atoms with Crippen LogP contribution in [0.4, 0.5) is 0 Å². The van der Waals surface area contributed by atoms with Crippen molar-refractivity contribution in [1.82, 2.24) is 5.32 Å². The third kappa shape index (κ3) is 44.5. The molecule has 0 saturated heterocycles. The van der Waals surface area contributed by atoms with Crippen LogP contribution in [0.3, 0.4) is 0 Å². The second-order valence-corrected chi connectivity index (χ2v) is 12.9. The maximum atomic E-state index is 10.3. The fourth-order valence-corrected chi connectivity index (χ4v) is 4.39. The van der Waals surface area contributed by atoms with Crippen LogP contribution in [0.1, 0.15) is 53.4 Å². The van der Waals surface area contributed by atoms with Gasteiger partial charge in [0.05, 0.1) is 6.54 Å². The van der Waals surface area contributed by atoms with Gasteiger partial charge in [0.25, 0.3) is 0 Å². The largest absolute Gasteiger partial charge is 0.480 e. The van der Waals surface area contributed by atoms with E-state index in [1.165, 1.54) is 21.6 Å². The number of hydrogen-bond acceptors (Lipinski definition) is 15. The van der Waals surface area contributed by atoms with Crippen LogP contribution in [0.5, 0.6) is 0 Å². The van der Waals surface area contributed by atoms with Crippen molar-refractivity contribution in [1.29, 1.82) is 5.41 Å². The minimum absolute atomic E-state index is 0.0718. The number of aliphatic carboxylic acids is 6. The van der Waals surface area contributed by atoms with E-state index in [4.69, 9.17) is 70.5 Å². The number of carbonyl (C=O) groups is 6. The van der Waals surface area contributed by atoms with Gasteiger partial charge in [0.15, 0.2) is 5.96 Å². The molecule has 21 nitrogen and oxygen atoms in total. The minimum atomic E-state index is -1.07. The Morgan fingerprint density at radius 1 is 0.694 bits per heavy atom. The van der Waals surface area contributed by atoms with Crippen molar-refractivity contribution < 1.29 is 59.4 Å². The maximum Gasteiger partial charge on any atom is 0.321 e. The lowest BCUT2D eigenvalue weighted by atomic mass is 10.0. The number of nitrogens with one attached hydrogen (secondary N) is 2. The van der Waals surface area contributed by atoms with Crippen LogP contribution >= 0.6 is 21.6 Å². The monoisotopic (exact) mass is 751 g/mol. The van der Waals surface area contributed by atoms with Crippen molar-refractivity contribution in [3.05, 3.63) is 0 Å². The summed E-state index contributed by atoms with van der Waals surface area (Å²) in [6.07, 6.45) is 2.34. The van der Waals surface area contributed by atoms with Crippen molar-refractivity contribution >= 4 is 63.4 Å². The first-order chi connectivity index (χ1) is 22.4. The van der Waals surface area contributed by atoms with Crippen LogP contribution < -0.4 is 45.5 Å². The number of guanidine groups is 1. The van der Waals surface area contributed by atoms with Crippen LogP contribution in [0.25, 0.3) is 0 Å². The normalized spacial score (nSPS) is 13.5. The Morgan fingerprint density at radius 3 is 1.27 bits per heavy atom. The predicted octanol–water partition coefficient (Wildman–Crippen LogP) is -2.23. The Balaban J connectivity index is -0.000000170. The lowest BCUT2D eigenvalue weighted by Crippen LogP contribution is -2.36. The summed E-state index contributed by atoms with van der Waals surface area (Å²) in [6, 6.07) is -4.05. The lowest BCUT2D eigenvalue weighted by Gasteiger charge is -2.11. The van der Waals surface area contributed by atoms with E-state index in [0.29, 0.717) is 31.7 Å². The molecule has 0 spiro atoms. The summed E-state index contributed by atoms with van der Waals surface area (Å²) < 4.78 is 0. The molecule has 0 aliphatic rings. The first-order valence-electron chi connectivity index (χ1n) is 14.5. The zero-order valence-electron chi connectivity index (χ0n) is 28.2. The second kappa shape index (κ2) is 34.4. The molecule has 0 radical (unpaired) electrons. The molecular weight excluding hydrogens is 694 g/mol. The van der Waals surface area contributed by atoms with Crippen molar-refractivity contribution in [2.45, 2.75) is 83.6 Å². The highest BCUT2D eigenvalue weighted by Gasteiger charge is 2.17. The fourth-order valence-electron chi connectivity index (χ4n) is 2.16. The highest BCUT2D eigenvalue weighted by atomic mass is 33.1. The van der Waals surface area contributed by atoms with E-state index in [9.17, 15) is 28.8 Å². The minimum Gasteiger partial charge on any atom is -0.480 e. The van der Waals surface area contributed by atoms with E-state index in [-0.39, 0.29) is 29.9 Å². The second-order valence-electron chi connectivity index (χ2n) is 10.3. The van der Waals surface area contributed by atoms with Gasteiger partial charge >= 0.3 is 35.8 Å². The van der Waals surface area contributed by atoms with Crippen LogP contribution in [0, 0.1) is 17.2 Å². The van der Waals surface area contributed by atoms with Crippen molar-refractivity contribution in [2.75, 3.05) is 24.6 Å². The van der Waals surface area contributed by atoms with Crippen LogP contribution in [-0.4, -0.2) is 127 Å². The van der Waals surface area contributed by atoms with E-state index in [1.54, 1.807) is 0 Å². The van der Waals surface area contributed by atoms with Gasteiger partial charge in [0.1, 0.15) is 30.2 Å². The van der Waals surface area contributed by atoms with Crippen molar-refractivity contribution in [3.8, 4) is 0 Å². The molecular formula is C26H57N9O12S2. The third-order valence-electron chi connectivity index (χ3n) is 5.30. The zero-order valence-corrected chi connectivity index (χ0v) is 29.8. The van der Waals surface area contributed by atoms with E-state index in [0.717, 1.165) is 6.42 Å². The maximum absolute atomic E-state index is 10.3. The summed E-state index contributed by atoms with van der Waals surface area (Å²) in [5, 5.41) is 58.8. The van der Waals surface area contributed by atoms with Crippen LogP contribution in [0.15, 0.2) is 0 Å². The molecule has 0 aliphatic carbocycles. The van der Waals surface area contributed by atoms with Gasteiger partial charge < -0.3 is 76.1 Å². The third-order valence-corrected chi connectivity index (χ3v) is 7.77. The smallest absolute Gasteiger partial charge is 0.321 e. The molecule has 23 heteroatoms. The van der Waals surface area contributed by atoms with Gasteiger partial charge in [-0.05, 0) is 31.1 Å². The molecule has 0 rings (SSSR count). The zero-order chi connectivity index (χ0) is 39.9. The van der Waals surface area contributed by atoms with E-state index >= 15 is 0 Å². The first-order valence-corrected chi connectivity index (χ1v) is 17.0. The van der Waals surface area contributed by atoms with E-state index in [1.807, 2.05) is 27.7 Å². The molecule has 0 aromatic carbocycles. The van der Waals surface area contributed by atoms with Gasteiger partial charge in [-0.3, -0.25) is 34.2 Å². The molecule has 0 bridgehead atoms. The summed E-state index contributed by atoms with van der Waals surface area (Å²) in [5.74, 6) is -5.16. The molecule has 290 valence electrons. The molecule has 0 amide bonds. The Kier molecular flexibility index (Phi) is 38.6. The number of rotatable bonds is 19. The van der Waals surface area contributed by atoms with Gasteiger partial charge in [-0.2, -0.15) is 0 Å². The number of nitrogens with two attached hydrogens (primary N) is 7. The topological polar surface area (TPSA) is 442 Å². The molecule has 49 heavy (non-hydrogen) atoms. The molecule has 22 N–H and O–H groups in total. The Labute approximate surface area is 293 Å². The molecule has 0 aromatic rings. The molecule has 0 heterocycles. The number of carboxylic acids is 6. The van der Waals surface area contributed by atoms with Crippen molar-refractivity contribution in [2.24, 2.45) is 52.0 Å². The summed E-state index contributed by atoms with van der Waals surface area (Å²) >= 11 is 0. The molecule has 0 aliphatic heterocycles. The standard InChI is InChI=1S/C6H14N4O2.C6H12N2O4S2.2C6H13NO2.C2H5NO2/c7-4(5(11)12)2-1-3-10-6(8)9;7-3(5(9)10)1-13-14-2-4(8)6(11)12;1-4(2)3-5(7)6(8)9;1-3-4(2)5(7)6(8)9;3-1-2(4)5/h4H,1-3,7H2,(H,11,12)(H4,8,9,10);3-4H,1-2,7-8H2,(H,9,10)(H,11,12);2*4-5H,3,7H2,1-2H3,(H,8,9);1,3H2,(H,4,5)/t4-;3-,4?;5-;4-,5-;/m0000./s1.